The fourth-order valence-corrected chi connectivity index (χ4v) is 2.45. The number of benzene rings is 1. The molecule has 0 aliphatic heterocycles. The van der Waals surface area contributed by atoms with Gasteiger partial charge in [0, 0.05) is 5.56 Å². The minimum absolute atomic E-state index is 0.0528. The third-order valence-electron chi connectivity index (χ3n) is 2.06. The Hall–Kier alpha value is -2.09. The van der Waals surface area contributed by atoms with Crippen LogP contribution in [0.3, 0.4) is 0 Å². The summed E-state index contributed by atoms with van der Waals surface area (Å²) in [7, 11) is -4.06. The number of ether oxygens (including phenoxy) is 2. The lowest BCUT2D eigenvalue weighted by Crippen LogP contribution is -2.31. The molecule has 0 atom stereocenters. The molecule has 0 aromatic heterocycles. The number of carbonyl (C=O) groups excluding carboxylic acids is 2. The van der Waals surface area contributed by atoms with Crippen LogP contribution in [0.5, 0.6) is 0 Å². The van der Waals surface area contributed by atoms with Crippen LogP contribution in [-0.4, -0.2) is 27.6 Å². The molecule has 1 amide bonds. The smallest absolute Gasteiger partial charge is 0.421 e. The van der Waals surface area contributed by atoms with Gasteiger partial charge in [0.05, 0.1) is 11.5 Å². The third-order valence-corrected chi connectivity index (χ3v) is 3.47. The Balaban J connectivity index is 3.00. The molecule has 0 saturated heterocycles. The second-order valence-electron chi connectivity index (χ2n) is 3.34. The summed E-state index contributed by atoms with van der Waals surface area (Å²) < 4.78 is 34.7. The zero-order chi connectivity index (χ0) is 14.3. The molecule has 19 heavy (non-hydrogen) atoms. The number of hydrogen-bond donors (Lipinski definition) is 1. The van der Waals surface area contributed by atoms with E-state index in [2.05, 4.69) is 9.47 Å². The molecule has 8 heteroatoms. The molecule has 0 aliphatic rings. The molecular formula is C11H13NO6S. The topological polar surface area (TPSA) is 98.8 Å². The largest absolute Gasteiger partial charge is 0.463 e. The van der Waals surface area contributed by atoms with Gasteiger partial charge in [-0.05, 0) is 13.0 Å². The van der Waals surface area contributed by atoms with Crippen molar-refractivity contribution in [3.8, 4) is 0 Å². The number of rotatable bonds is 6. The van der Waals surface area contributed by atoms with E-state index in [1.165, 1.54) is 18.2 Å². The minimum atomic E-state index is -4.06. The van der Waals surface area contributed by atoms with Crippen molar-refractivity contribution in [3.63, 3.8) is 0 Å². The molecule has 0 spiro atoms. The van der Waals surface area contributed by atoms with Gasteiger partial charge < -0.3 is 9.47 Å². The maximum Gasteiger partial charge on any atom is 0.421 e. The zero-order valence-electron chi connectivity index (χ0n) is 10.2. The van der Waals surface area contributed by atoms with Gasteiger partial charge in [-0.3, -0.25) is 4.79 Å². The number of nitrogens with one attached hydrogen (secondary N) is 1. The van der Waals surface area contributed by atoms with E-state index >= 15 is 0 Å². The lowest BCUT2D eigenvalue weighted by molar-refractivity contribution is -0.129. The molecule has 0 radical (unpaired) electrons. The van der Waals surface area contributed by atoms with Crippen molar-refractivity contribution in [1.29, 1.82) is 0 Å². The monoisotopic (exact) mass is 287 g/mol. The third kappa shape index (κ3) is 4.25. The van der Waals surface area contributed by atoms with Gasteiger partial charge in [0.2, 0.25) is 0 Å². The van der Waals surface area contributed by atoms with E-state index < -0.39 is 16.1 Å². The van der Waals surface area contributed by atoms with Gasteiger partial charge in [0.15, 0.2) is 0 Å². The standard InChI is InChI=1S/C11H13NO6S/c1-2-18-11(14)12-19(15,16)10-6-4-3-5-9(10)7-17-8-13/h3-6,8H,2,7H2,1H3,(H,12,14). The second kappa shape index (κ2) is 6.74. The van der Waals surface area contributed by atoms with Gasteiger partial charge in [0.1, 0.15) is 6.61 Å². The Morgan fingerprint density at radius 3 is 2.68 bits per heavy atom. The summed E-state index contributed by atoms with van der Waals surface area (Å²) in [5, 5.41) is 0. The number of amides is 1. The van der Waals surface area contributed by atoms with Crippen molar-refractivity contribution in [2.75, 3.05) is 6.61 Å². The van der Waals surface area contributed by atoms with Crippen LogP contribution in [0.15, 0.2) is 29.2 Å². The summed E-state index contributed by atoms with van der Waals surface area (Å²) in [6.45, 7) is 1.61. The first kappa shape index (κ1) is 15.0. The SMILES string of the molecule is CCOC(=O)NS(=O)(=O)c1ccccc1COC=O. The van der Waals surface area contributed by atoms with Crippen molar-refractivity contribution in [1.82, 2.24) is 4.72 Å². The van der Waals surface area contributed by atoms with Crippen LogP contribution in [0, 0.1) is 0 Å². The van der Waals surface area contributed by atoms with Crippen molar-refractivity contribution in [2.45, 2.75) is 18.4 Å². The Morgan fingerprint density at radius 1 is 1.37 bits per heavy atom. The van der Waals surface area contributed by atoms with E-state index in [1.54, 1.807) is 17.7 Å². The highest BCUT2D eigenvalue weighted by Crippen LogP contribution is 2.16. The fraction of sp³-hybridized carbons (Fsp3) is 0.273. The Labute approximate surface area is 110 Å². The molecule has 1 aromatic carbocycles. The van der Waals surface area contributed by atoms with E-state index in [-0.39, 0.29) is 30.1 Å². The average Bonchev–Trinajstić information content (AvgIpc) is 2.36. The Kier molecular flexibility index (Phi) is 5.31. The molecule has 104 valence electrons. The molecular weight excluding hydrogens is 274 g/mol. The molecule has 0 bridgehead atoms. The van der Waals surface area contributed by atoms with Crippen LogP contribution in [0.2, 0.25) is 0 Å². The normalized spacial score (nSPS) is 10.6. The van der Waals surface area contributed by atoms with E-state index in [4.69, 9.17) is 0 Å². The van der Waals surface area contributed by atoms with E-state index in [0.29, 0.717) is 0 Å². The van der Waals surface area contributed by atoms with Crippen molar-refractivity contribution < 1.29 is 27.5 Å². The van der Waals surface area contributed by atoms with Crippen LogP contribution in [0.4, 0.5) is 4.79 Å². The predicted octanol–water partition coefficient (Wildman–Crippen LogP) is 0.794. The molecule has 0 unspecified atom stereocenters. The van der Waals surface area contributed by atoms with E-state index in [9.17, 15) is 18.0 Å². The van der Waals surface area contributed by atoms with Crippen LogP contribution in [-0.2, 0) is 30.9 Å². The summed E-state index contributed by atoms with van der Waals surface area (Å²) in [6.07, 6.45) is -1.06. The van der Waals surface area contributed by atoms with Crippen LogP contribution >= 0.6 is 0 Å². The number of hydrogen-bond acceptors (Lipinski definition) is 6. The number of carbonyl (C=O) groups is 2. The fourth-order valence-electron chi connectivity index (χ4n) is 1.33. The average molecular weight is 287 g/mol. The second-order valence-corrected chi connectivity index (χ2v) is 4.99. The Bertz CT molecular complexity index is 554. The summed E-state index contributed by atoms with van der Waals surface area (Å²) in [4.78, 5) is 21.1. The molecule has 0 fully saturated rings. The summed E-state index contributed by atoms with van der Waals surface area (Å²) >= 11 is 0. The first-order valence-corrected chi connectivity index (χ1v) is 6.82. The zero-order valence-corrected chi connectivity index (χ0v) is 11.0. The lowest BCUT2D eigenvalue weighted by atomic mass is 10.2. The first-order valence-electron chi connectivity index (χ1n) is 5.34. The lowest BCUT2D eigenvalue weighted by Gasteiger charge is -2.10. The van der Waals surface area contributed by atoms with Crippen LogP contribution in [0.1, 0.15) is 12.5 Å². The van der Waals surface area contributed by atoms with Gasteiger partial charge in [-0.25, -0.2) is 17.9 Å². The highest BCUT2D eigenvalue weighted by atomic mass is 32.2. The minimum Gasteiger partial charge on any atom is -0.463 e. The summed E-state index contributed by atoms with van der Waals surface area (Å²) in [5.41, 5.74) is 0.256. The van der Waals surface area contributed by atoms with Crippen LogP contribution in [0.25, 0.3) is 0 Å². The van der Waals surface area contributed by atoms with Gasteiger partial charge in [-0.2, -0.15) is 0 Å². The first-order chi connectivity index (χ1) is 9.01. The molecule has 1 N–H and O–H groups in total. The molecule has 1 rings (SSSR count). The van der Waals surface area contributed by atoms with Crippen molar-refractivity contribution in [2.24, 2.45) is 0 Å². The Morgan fingerprint density at radius 2 is 2.05 bits per heavy atom. The summed E-state index contributed by atoms with van der Waals surface area (Å²) in [6, 6.07) is 5.85. The quantitative estimate of drug-likeness (QED) is 0.777. The predicted molar refractivity (Wildman–Crippen MR) is 64.6 cm³/mol. The van der Waals surface area contributed by atoms with Gasteiger partial charge in [-0.1, -0.05) is 18.2 Å². The molecule has 0 saturated carbocycles. The van der Waals surface area contributed by atoms with E-state index in [0.717, 1.165) is 0 Å². The van der Waals surface area contributed by atoms with Crippen molar-refractivity contribution in [3.05, 3.63) is 29.8 Å². The molecule has 0 aliphatic carbocycles. The van der Waals surface area contributed by atoms with Gasteiger partial charge >= 0.3 is 6.09 Å². The maximum absolute atomic E-state index is 11.9. The van der Waals surface area contributed by atoms with Gasteiger partial charge in [0.25, 0.3) is 16.5 Å². The highest BCUT2D eigenvalue weighted by molar-refractivity contribution is 7.90. The van der Waals surface area contributed by atoms with Gasteiger partial charge in [-0.15, -0.1) is 0 Å². The molecule has 1 aromatic rings. The number of sulfonamides is 1. The van der Waals surface area contributed by atoms with E-state index in [1.807, 2.05) is 0 Å². The van der Waals surface area contributed by atoms with Crippen molar-refractivity contribution >= 4 is 22.6 Å². The molecule has 0 heterocycles. The van der Waals surface area contributed by atoms with Crippen LogP contribution < -0.4 is 4.72 Å². The highest BCUT2D eigenvalue weighted by Gasteiger charge is 2.21. The maximum atomic E-state index is 11.9. The molecule has 7 nitrogen and oxygen atoms in total. The summed E-state index contributed by atoms with van der Waals surface area (Å²) in [5.74, 6) is 0.